The molecule has 0 spiro atoms. The van der Waals surface area contributed by atoms with Crippen molar-refractivity contribution < 1.29 is 0 Å². The number of hydrogen-bond donors (Lipinski definition) is 1. The van der Waals surface area contributed by atoms with E-state index in [2.05, 4.69) is 46.9 Å². The summed E-state index contributed by atoms with van der Waals surface area (Å²) in [6, 6.07) is 13.9. The highest BCUT2D eigenvalue weighted by molar-refractivity contribution is 5.77. The summed E-state index contributed by atoms with van der Waals surface area (Å²) in [5, 5.41) is 0.633. The number of para-hydroxylation sites is 1. The Hall–Kier alpha value is -2.46. The monoisotopic (exact) mass is 307 g/mol. The van der Waals surface area contributed by atoms with E-state index in [-0.39, 0.29) is 5.56 Å². The molecule has 0 aliphatic carbocycles. The summed E-state index contributed by atoms with van der Waals surface area (Å²) in [7, 11) is 2.04. The van der Waals surface area contributed by atoms with E-state index in [1.54, 1.807) is 6.07 Å². The van der Waals surface area contributed by atoms with E-state index in [0.717, 1.165) is 12.1 Å². The van der Waals surface area contributed by atoms with E-state index in [1.807, 2.05) is 25.2 Å². The molecule has 0 bridgehead atoms. The van der Waals surface area contributed by atoms with Gasteiger partial charge in [0.2, 0.25) is 0 Å². The number of fused-ring (bicyclic) bond motifs is 1. The summed E-state index contributed by atoms with van der Waals surface area (Å²) in [4.78, 5) is 21.7. The van der Waals surface area contributed by atoms with Crippen molar-refractivity contribution in [1.29, 1.82) is 0 Å². The van der Waals surface area contributed by atoms with E-state index >= 15 is 0 Å². The molecule has 3 rings (SSSR count). The molecule has 0 radical (unpaired) electrons. The van der Waals surface area contributed by atoms with Crippen molar-refractivity contribution in [3.05, 3.63) is 75.3 Å². The maximum absolute atomic E-state index is 12.1. The molecular weight excluding hydrogens is 286 g/mol. The van der Waals surface area contributed by atoms with Crippen molar-refractivity contribution >= 4 is 10.9 Å². The van der Waals surface area contributed by atoms with Crippen molar-refractivity contribution in [2.45, 2.75) is 26.9 Å². The van der Waals surface area contributed by atoms with Crippen molar-refractivity contribution in [1.82, 2.24) is 14.9 Å². The molecule has 3 aromatic rings. The first kappa shape index (κ1) is 15.4. The summed E-state index contributed by atoms with van der Waals surface area (Å²) in [6.07, 6.45) is 0. The van der Waals surface area contributed by atoms with Crippen LogP contribution in [0.1, 0.15) is 22.5 Å². The predicted molar refractivity (Wildman–Crippen MR) is 93.5 cm³/mol. The zero-order valence-electron chi connectivity index (χ0n) is 13.8. The van der Waals surface area contributed by atoms with Crippen molar-refractivity contribution in [2.75, 3.05) is 7.05 Å². The van der Waals surface area contributed by atoms with Gasteiger partial charge in [0.1, 0.15) is 5.82 Å². The number of nitrogens with zero attached hydrogens (tertiary/aromatic N) is 2. The third kappa shape index (κ3) is 3.48. The van der Waals surface area contributed by atoms with Crippen LogP contribution >= 0.6 is 0 Å². The molecule has 0 aliphatic rings. The molecule has 1 N–H and O–H groups in total. The van der Waals surface area contributed by atoms with Crippen LogP contribution in [-0.2, 0) is 13.1 Å². The smallest absolute Gasteiger partial charge is 0.258 e. The number of benzene rings is 2. The zero-order valence-corrected chi connectivity index (χ0v) is 13.8. The van der Waals surface area contributed by atoms with Crippen LogP contribution < -0.4 is 5.56 Å². The maximum Gasteiger partial charge on any atom is 0.258 e. The van der Waals surface area contributed by atoms with Gasteiger partial charge in [0, 0.05) is 6.54 Å². The van der Waals surface area contributed by atoms with E-state index < -0.39 is 0 Å². The van der Waals surface area contributed by atoms with Gasteiger partial charge in [-0.25, -0.2) is 4.98 Å². The van der Waals surface area contributed by atoms with Gasteiger partial charge < -0.3 is 4.98 Å². The minimum Gasteiger partial charge on any atom is -0.309 e. The van der Waals surface area contributed by atoms with Crippen LogP contribution in [0.5, 0.6) is 0 Å². The lowest BCUT2D eigenvalue weighted by molar-refractivity contribution is 0.310. The number of aromatic nitrogens is 2. The van der Waals surface area contributed by atoms with Crippen LogP contribution in [0.2, 0.25) is 0 Å². The number of nitrogens with one attached hydrogen (secondary N) is 1. The fraction of sp³-hybridized carbons (Fsp3) is 0.263. The number of aromatic amines is 1. The van der Waals surface area contributed by atoms with Gasteiger partial charge in [-0.3, -0.25) is 9.69 Å². The van der Waals surface area contributed by atoms with Crippen LogP contribution in [0.25, 0.3) is 10.9 Å². The van der Waals surface area contributed by atoms with Crippen LogP contribution in [-0.4, -0.2) is 21.9 Å². The summed E-state index contributed by atoms with van der Waals surface area (Å²) in [5.41, 5.74) is 4.52. The SMILES string of the molecule is Cc1ccc(CN(C)Cc2nc3ccccc3c(=O)[nH]2)c(C)c1. The summed E-state index contributed by atoms with van der Waals surface area (Å²) in [6.45, 7) is 5.66. The largest absolute Gasteiger partial charge is 0.309 e. The second-order valence-electron chi connectivity index (χ2n) is 6.13. The minimum absolute atomic E-state index is 0.0782. The van der Waals surface area contributed by atoms with E-state index in [4.69, 9.17) is 0 Å². The molecule has 2 aromatic carbocycles. The molecule has 0 fully saturated rings. The van der Waals surface area contributed by atoms with Gasteiger partial charge in [-0.15, -0.1) is 0 Å². The van der Waals surface area contributed by atoms with Gasteiger partial charge in [-0.05, 0) is 44.2 Å². The Labute approximate surface area is 135 Å². The number of hydrogen-bond acceptors (Lipinski definition) is 3. The quantitative estimate of drug-likeness (QED) is 0.805. The standard InChI is InChI=1S/C19H21N3O/c1-13-8-9-15(14(2)10-13)11-22(3)12-18-20-17-7-5-4-6-16(17)19(23)21-18/h4-10H,11-12H2,1-3H3,(H,20,21,23). The van der Waals surface area contributed by atoms with E-state index in [1.165, 1.54) is 16.7 Å². The number of rotatable bonds is 4. The Morgan fingerprint density at radius 1 is 1.09 bits per heavy atom. The van der Waals surface area contributed by atoms with E-state index in [0.29, 0.717) is 17.8 Å². The molecule has 0 atom stereocenters. The maximum atomic E-state index is 12.1. The molecular formula is C19H21N3O. The third-order valence-electron chi connectivity index (χ3n) is 4.02. The molecule has 0 amide bonds. The Morgan fingerprint density at radius 3 is 2.65 bits per heavy atom. The first-order valence-electron chi connectivity index (χ1n) is 7.75. The first-order chi connectivity index (χ1) is 11.0. The second-order valence-corrected chi connectivity index (χ2v) is 6.13. The van der Waals surface area contributed by atoms with Crippen molar-refractivity contribution in [3.63, 3.8) is 0 Å². The highest BCUT2D eigenvalue weighted by Crippen LogP contribution is 2.13. The first-order valence-corrected chi connectivity index (χ1v) is 7.75. The topological polar surface area (TPSA) is 49.0 Å². The van der Waals surface area contributed by atoms with Gasteiger partial charge in [0.25, 0.3) is 5.56 Å². The Balaban J connectivity index is 1.80. The molecule has 0 unspecified atom stereocenters. The second kappa shape index (κ2) is 6.34. The average Bonchev–Trinajstić information content (AvgIpc) is 2.50. The lowest BCUT2D eigenvalue weighted by atomic mass is 10.1. The van der Waals surface area contributed by atoms with Gasteiger partial charge in [-0.1, -0.05) is 35.9 Å². The van der Waals surface area contributed by atoms with Crippen LogP contribution in [0, 0.1) is 13.8 Å². The molecule has 23 heavy (non-hydrogen) atoms. The Bertz CT molecular complexity index is 899. The Morgan fingerprint density at radius 2 is 1.87 bits per heavy atom. The average molecular weight is 307 g/mol. The van der Waals surface area contributed by atoms with Crippen molar-refractivity contribution in [2.24, 2.45) is 0 Å². The summed E-state index contributed by atoms with van der Waals surface area (Å²) in [5.74, 6) is 0.695. The number of aryl methyl sites for hydroxylation is 2. The van der Waals surface area contributed by atoms with Gasteiger partial charge >= 0.3 is 0 Å². The van der Waals surface area contributed by atoms with Gasteiger partial charge in [0.05, 0.1) is 17.4 Å². The van der Waals surface area contributed by atoms with Crippen molar-refractivity contribution in [3.8, 4) is 0 Å². The molecule has 1 heterocycles. The number of H-pyrrole nitrogens is 1. The zero-order chi connectivity index (χ0) is 16.4. The molecule has 0 saturated carbocycles. The normalized spacial score (nSPS) is 11.3. The summed E-state index contributed by atoms with van der Waals surface area (Å²) >= 11 is 0. The fourth-order valence-electron chi connectivity index (χ4n) is 2.84. The van der Waals surface area contributed by atoms with E-state index in [9.17, 15) is 4.79 Å². The molecule has 0 aliphatic heterocycles. The molecule has 1 aromatic heterocycles. The predicted octanol–water partition coefficient (Wildman–Crippen LogP) is 3.17. The highest BCUT2D eigenvalue weighted by atomic mass is 16.1. The molecule has 118 valence electrons. The molecule has 4 nitrogen and oxygen atoms in total. The van der Waals surface area contributed by atoms with Crippen LogP contribution in [0.4, 0.5) is 0 Å². The van der Waals surface area contributed by atoms with Crippen LogP contribution in [0.15, 0.2) is 47.3 Å². The van der Waals surface area contributed by atoms with Gasteiger partial charge in [0.15, 0.2) is 0 Å². The lowest BCUT2D eigenvalue weighted by Crippen LogP contribution is -2.22. The highest BCUT2D eigenvalue weighted by Gasteiger charge is 2.08. The molecule has 4 heteroatoms. The lowest BCUT2D eigenvalue weighted by Gasteiger charge is -2.18. The fourth-order valence-corrected chi connectivity index (χ4v) is 2.84. The molecule has 0 saturated heterocycles. The van der Waals surface area contributed by atoms with Gasteiger partial charge in [-0.2, -0.15) is 0 Å². The Kier molecular flexibility index (Phi) is 4.26. The summed E-state index contributed by atoms with van der Waals surface area (Å²) < 4.78 is 0. The van der Waals surface area contributed by atoms with Crippen LogP contribution in [0.3, 0.4) is 0 Å². The minimum atomic E-state index is -0.0782. The third-order valence-corrected chi connectivity index (χ3v) is 4.02.